The second kappa shape index (κ2) is 10.3. The lowest BCUT2D eigenvalue weighted by molar-refractivity contribution is -0.150. The van der Waals surface area contributed by atoms with Crippen LogP contribution in [0.2, 0.25) is 0 Å². The second-order valence-corrected chi connectivity index (χ2v) is 5.97. The van der Waals surface area contributed by atoms with E-state index in [0.29, 0.717) is 16.7 Å². The molecule has 0 bridgehead atoms. The summed E-state index contributed by atoms with van der Waals surface area (Å²) in [6.07, 6.45) is -1.05. The highest BCUT2D eigenvalue weighted by Gasteiger charge is 2.26. The summed E-state index contributed by atoms with van der Waals surface area (Å²) in [6, 6.07) is 0. The molecule has 1 rings (SSSR count). The van der Waals surface area contributed by atoms with E-state index in [-0.39, 0.29) is 16.8 Å². The van der Waals surface area contributed by atoms with Crippen LogP contribution in [0.5, 0.6) is 0 Å². The average molecular weight is 404 g/mol. The maximum Gasteiger partial charge on any atom is 0.303 e. The van der Waals surface area contributed by atoms with Gasteiger partial charge in [-0.2, -0.15) is 0 Å². The Bertz CT molecular complexity index is 703. The van der Waals surface area contributed by atoms with E-state index in [1.54, 1.807) is 20.8 Å². The zero-order valence-electron chi connectivity index (χ0n) is 15.9. The van der Waals surface area contributed by atoms with Gasteiger partial charge in [-0.1, -0.05) is 13.8 Å². The van der Waals surface area contributed by atoms with Gasteiger partial charge >= 0.3 is 5.97 Å². The fourth-order valence-corrected chi connectivity index (χ4v) is 3.09. The van der Waals surface area contributed by atoms with Crippen molar-refractivity contribution >= 4 is 51.3 Å². The number of nitrogens with one attached hydrogen (secondary N) is 1. The van der Waals surface area contributed by atoms with Crippen molar-refractivity contribution in [1.29, 1.82) is 0 Å². The van der Waals surface area contributed by atoms with Gasteiger partial charge in [-0.25, -0.2) is 0 Å². The first kappa shape index (κ1) is 24.1. The first-order valence-electron chi connectivity index (χ1n) is 8.00. The molecule has 1 aromatic carbocycles. The summed E-state index contributed by atoms with van der Waals surface area (Å²) in [7, 11) is 0. The Morgan fingerprint density at radius 3 is 1.58 bits per heavy atom. The van der Waals surface area contributed by atoms with Crippen LogP contribution in [0.15, 0.2) is 0 Å². The van der Waals surface area contributed by atoms with Crippen LogP contribution in [0.25, 0.3) is 0 Å². The third-order valence-corrected chi connectivity index (χ3v) is 3.98. The number of benzene rings is 1. The first-order valence-corrected chi connectivity index (χ1v) is 8.76. The molecule has 0 aromatic heterocycles. The van der Waals surface area contributed by atoms with E-state index in [9.17, 15) is 19.2 Å². The standard InChI is InChI=1S/C16H17Cl2NO5.C2H6/c1-6-11(14(17)21)7(2)13(8(3)12(6)15(18)22)19-16(23)9(4)24-10(5)20;1-2/h9H,1-5H3,(H,19,23);1-2H3. The normalized spacial score (nSPS) is 11.0. The summed E-state index contributed by atoms with van der Waals surface area (Å²) in [6.45, 7) is 11.3. The Hall–Kier alpha value is -1.92. The molecule has 0 saturated carbocycles. The average Bonchev–Trinajstić information content (AvgIpc) is 2.51. The van der Waals surface area contributed by atoms with Gasteiger partial charge in [0.05, 0.1) is 0 Å². The van der Waals surface area contributed by atoms with Crippen molar-refractivity contribution in [1.82, 2.24) is 0 Å². The third kappa shape index (κ3) is 5.54. The van der Waals surface area contributed by atoms with Gasteiger partial charge in [0.1, 0.15) is 0 Å². The Balaban J connectivity index is 0.00000301. The van der Waals surface area contributed by atoms with Crippen LogP contribution in [0.3, 0.4) is 0 Å². The smallest absolute Gasteiger partial charge is 0.303 e. The summed E-state index contributed by atoms with van der Waals surface area (Å²) in [5.74, 6) is -1.22. The van der Waals surface area contributed by atoms with Crippen LogP contribution in [0, 0.1) is 20.8 Å². The van der Waals surface area contributed by atoms with Crippen LogP contribution in [-0.2, 0) is 14.3 Å². The molecule has 0 aliphatic carbocycles. The molecule has 0 heterocycles. The SMILES string of the molecule is CC.CC(=O)OC(C)C(=O)Nc1c(C)c(C(=O)Cl)c(C)c(C(=O)Cl)c1C. The van der Waals surface area contributed by atoms with Crippen molar-refractivity contribution in [2.24, 2.45) is 0 Å². The largest absolute Gasteiger partial charge is 0.453 e. The van der Waals surface area contributed by atoms with Gasteiger partial charge in [-0.15, -0.1) is 0 Å². The minimum Gasteiger partial charge on any atom is -0.453 e. The third-order valence-electron chi connectivity index (χ3n) is 3.60. The van der Waals surface area contributed by atoms with Crippen molar-refractivity contribution in [3.63, 3.8) is 0 Å². The van der Waals surface area contributed by atoms with E-state index in [1.165, 1.54) is 13.8 Å². The number of esters is 1. The molecule has 1 aromatic rings. The number of carbonyl (C=O) groups is 4. The number of halogens is 2. The summed E-state index contributed by atoms with van der Waals surface area (Å²) in [4.78, 5) is 46.6. The van der Waals surface area contributed by atoms with Crippen molar-refractivity contribution in [3.05, 3.63) is 27.8 Å². The Kier molecular flexibility index (Phi) is 9.52. The lowest BCUT2D eigenvalue weighted by Gasteiger charge is -2.20. The van der Waals surface area contributed by atoms with Crippen molar-refractivity contribution in [3.8, 4) is 0 Å². The number of amides is 1. The predicted octanol–water partition coefficient (Wildman–Crippen LogP) is 4.29. The van der Waals surface area contributed by atoms with E-state index >= 15 is 0 Å². The Labute approximate surface area is 163 Å². The van der Waals surface area contributed by atoms with Gasteiger partial charge in [0, 0.05) is 23.7 Å². The highest BCUT2D eigenvalue weighted by molar-refractivity contribution is 6.69. The van der Waals surface area contributed by atoms with Gasteiger partial charge in [-0.3, -0.25) is 19.2 Å². The number of rotatable bonds is 5. The molecule has 144 valence electrons. The fraction of sp³-hybridized carbons (Fsp3) is 0.444. The maximum absolute atomic E-state index is 12.2. The Morgan fingerprint density at radius 2 is 1.27 bits per heavy atom. The fourth-order valence-electron chi connectivity index (χ4n) is 2.52. The number of carbonyl (C=O) groups excluding carboxylic acids is 4. The molecule has 1 unspecified atom stereocenters. The van der Waals surface area contributed by atoms with E-state index in [0.717, 1.165) is 0 Å². The molecule has 0 aliphatic rings. The number of ether oxygens (including phenoxy) is 1. The monoisotopic (exact) mass is 403 g/mol. The molecule has 0 fully saturated rings. The molecule has 1 atom stereocenters. The topological polar surface area (TPSA) is 89.5 Å². The second-order valence-electron chi connectivity index (χ2n) is 5.29. The van der Waals surface area contributed by atoms with Crippen LogP contribution in [0.1, 0.15) is 65.1 Å². The summed E-state index contributed by atoms with van der Waals surface area (Å²) < 4.78 is 4.81. The molecule has 26 heavy (non-hydrogen) atoms. The van der Waals surface area contributed by atoms with Crippen LogP contribution in [0.4, 0.5) is 5.69 Å². The molecule has 0 saturated heterocycles. The summed E-state index contributed by atoms with van der Waals surface area (Å²) >= 11 is 11.2. The van der Waals surface area contributed by atoms with E-state index in [4.69, 9.17) is 27.9 Å². The predicted molar refractivity (Wildman–Crippen MR) is 102 cm³/mol. The number of hydrogen-bond acceptors (Lipinski definition) is 5. The number of hydrogen-bond donors (Lipinski definition) is 1. The molecule has 0 aliphatic heterocycles. The molecule has 1 N–H and O–H groups in total. The van der Waals surface area contributed by atoms with Crippen molar-refractivity contribution in [2.75, 3.05) is 5.32 Å². The molecular weight excluding hydrogens is 381 g/mol. The quantitative estimate of drug-likeness (QED) is 0.584. The Morgan fingerprint density at radius 1 is 0.885 bits per heavy atom. The molecule has 1 amide bonds. The lowest BCUT2D eigenvalue weighted by atomic mass is 9.92. The van der Waals surface area contributed by atoms with Gasteiger partial charge in [-0.05, 0) is 67.6 Å². The minimum atomic E-state index is -1.05. The molecular formula is C18H23Cl2NO5. The van der Waals surface area contributed by atoms with Gasteiger partial charge < -0.3 is 10.1 Å². The number of anilines is 1. The van der Waals surface area contributed by atoms with Gasteiger partial charge in [0.25, 0.3) is 16.4 Å². The summed E-state index contributed by atoms with van der Waals surface area (Å²) in [5, 5.41) is 1.02. The van der Waals surface area contributed by atoms with Gasteiger partial charge in [0.2, 0.25) is 0 Å². The molecule has 8 heteroatoms. The van der Waals surface area contributed by atoms with Crippen LogP contribution in [-0.4, -0.2) is 28.5 Å². The molecule has 6 nitrogen and oxygen atoms in total. The highest BCUT2D eigenvalue weighted by atomic mass is 35.5. The highest BCUT2D eigenvalue weighted by Crippen LogP contribution is 2.33. The lowest BCUT2D eigenvalue weighted by Crippen LogP contribution is -2.30. The maximum atomic E-state index is 12.2. The van der Waals surface area contributed by atoms with E-state index in [1.807, 2.05) is 13.8 Å². The van der Waals surface area contributed by atoms with Crippen LogP contribution >= 0.6 is 23.2 Å². The minimum absolute atomic E-state index is 0.0988. The van der Waals surface area contributed by atoms with E-state index < -0.39 is 28.5 Å². The van der Waals surface area contributed by atoms with Crippen molar-refractivity contribution < 1.29 is 23.9 Å². The van der Waals surface area contributed by atoms with E-state index in [2.05, 4.69) is 5.32 Å². The van der Waals surface area contributed by atoms with Crippen molar-refractivity contribution in [2.45, 2.75) is 54.6 Å². The first-order chi connectivity index (χ1) is 12.0. The van der Waals surface area contributed by atoms with Crippen LogP contribution < -0.4 is 5.32 Å². The van der Waals surface area contributed by atoms with Gasteiger partial charge in [0.15, 0.2) is 6.10 Å². The zero-order chi connectivity index (χ0) is 20.8. The zero-order valence-corrected chi connectivity index (χ0v) is 17.4. The summed E-state index contributed by atoms with van der Waals surface area (Å²) in [5.41, 5.74) is 1.57. The molecule has 0 radical (unpaired) electrons. The molecule has 0 spiro atoms.